The van der Waals surface area contributed by atoms with Gasteiger partial charge in [-0.1, -0.05) is 0 Å². The fourth-order valence-electron chi connectivity index (χ4n) is 0.409. The van der Waals surface area contributed by atoms with E-state index in [-0.39, 0.29) is 6.10 Å². The lowest BCUT2D eigenvalue weighted by atomic mass is 10.3. The number of nitrogens with one attached hydrogen (secondary N) is 1. The van der Waals surface area contributed by atoms with Gasteiger partial charge in [0.25, 0.3) is 0 Å². The predicted octanol–water partition coefficient (Wildman–Crippen LogP) is -0.661. The number of rotatable bonds is 1. The maximum Gasteiger partial charge on any atom is 0.0677 e. The van der Waals surface area contributed by atoms with Crippen LogP contribution in [0.1, 0.15) is 6.92 Å². The third kappa shape index (κ3) is 0.698. The summed E-state index contributed by atoms with van der Waals surface area (Å²) >= 11 is 0. The minimum absolute atomic E-state index is 0.148. The zero-order valence-corrected chi connectivity index (χ0v) is 3.81. The van der Waals surface area contributed by atoms with Gasteiger partial charge >= 0.3 is 0 Å². The van der Waals surface area contributed by atoms with Gasteiger partial charge in [-0.25, -0.2) is 0 Å². The van der Waals surface area contributed by atoms with E-state index in [0.717, 1.165) is 6.54 Å². The lowest BCUT2D eigenvalue weighted by Crippen LogP contribution is -2.10. The Bertz CT molecular complexity index is 49.5. The van der Waals surface area contributed by atoms with E-state index in [2.05, 4.69) is 5.32 Å². The van der Waals surface area contributed by atoms with Crippen molar-refractivity contribution in [3.63, 3.8) is 0 Å². The third-order valence-corrected chi connectivity index (χ3v) is 1.02. The summed E-state index contributed by atoms with van der Waals surface area (Å²) in [5.41, 5.74) is 0. The molecule has 6 heavy (non-hydrogen) atoms. The molecule has 1 rings (SSSR count). The highest BCUT2D eigenvalue weighted by atomic mass is 16.3. The second-order valence-corrected chi connectivity index (χ2v) is 1.76. The van der Waals surface area contributed by atoms with Crippen LogP contribution in [0.4, 0.5) is 0 Å². The molecule has 1 unspecified atom stereocenters. The van der Waals surface area contributed by atoms with Gasteiger partial charge in [-0.15, -0.1) is 0 Å². The molecule has 1 heterocycles. The topological polar surface area (TPSA) is 42.2 Å². The van der Waals surface area contributed by atoms with Gasteiger partial charge in [-0.2, -0.15) is 0 Å². The molecular weight excluding hydrogens is 78.0 g/mol. The van der Waals surface area contributed by atoms with E-state index in [1.54, 1.807) is 6.92 Å². The second kappa shape index (κ2) is 1.21. The molecule has 0 radical (unpaired) electrons. The quantitative estimate of drug-likeness (QED) is 0.417. The van der Waals surface area contributed by atoms with E-state index < -0.39 is 0 Å². The van der Waals surface area contributed by atoms with E-state index >= 15 is 0 Å². The molecule has 2 heteroatoms. The number of hydrogen-bond donors (Lipinski definition) is 2. The summed E-state index contributed by atoms with van der Waals surface area (Å²) < 4.78 is 0. The Morgan fingerprint density at radius 1 is 2.00 bits per heavy atom. The van der Waals surface area contributed by atoms with Crippen LogP contribution in [0.3, 0.4) is 0 Å². The number of hydrogen-bond acceptors (Lipinski definition) is 2. The highest BCUT2D eigenvalue weighted by Gasteiger charge is 2.24. The Morgan fingerprint density at radius 3 is 2.50 bits per heavy atom. The standard InChI is InChI=1S/C4H9NO/c1-3(6)4-2-5-4/h3-6H,2H2,1H3/t3?,4-/m0/s1. The number of aliphatic hydroxyl groups is 1. The number of aliphatic hydroxyl groups excluding tert-OH is 1. The fourth-order valence-corrected chi connectivity index (χ4v) is 0.409. The first-order chi connectivity index (χ1) is 2.80. The molecule has 36 valence electrons. The van der Waals surface area contributed by atoms with E-state index in [1.165, 1.54) is 0 Å². The summed E-state index contributed by atoms with van der Waals surface area (Å²) in [6, 6.07) is 0.407. The fraction of sp³-hybridized carbons (Fsp3) is 1.00. The maximum absolute atomic E-state index is 8.63. The van der Waals surface area contributed by atoms with E-state index in [1.807, 2.05) is 0 Å². The van der Waals surface area contributed by atoms with Gasteiger partial charge in [0.15, 0.2) is 0 Å². The van der Waals surface area contributed by atoms with Crippen LogP contribution >= 0.6 is 0 Å². The molecule has 0 saturated carbocycles. The summed E-state index contributed by atoms with van der Waals surface area (Å²) in [4.78, 5) is 0. The molecule has 0 spiro atoms. The third-order valence-electron chi connectivity index (χ3n) is 1.02. The summed E-state index contributed by atoms with van der Waals surface area (Å²) in [6.07, 6.45) is -0.148. The zero-order chi connectivity index (χ0) is 4.57. The van der Waals surface area contributed by atoms with Crippen molar-refractivity contribution in [2.75, 3.05) is 6.54 Å². The second-order valence-electron chi connectivity index (χ2n) is 1.76. The van der Waals surface area contributed by atoms with Crippen molar-refractivity contribution in [2.45, 2.75) is 19.1 Å². The molecule has 0 amide bonds. The predicted molar refractivity (Wildman–Crippen MR) is 23.5 cm³/mol. The van der Waals surface area contributed by atoms with Gasteiger partial charge in [0.05, 0.1) is 6.10 Å². The SMILES string of the molecule is CC(O)[C@@H]1CN1. The van der Waals surface area contributed by atoms with E-state index in [4.69, 9.17) is 5.11 Å². The average molecular weight is 87.1 g/mol. The molecule has 0 aromatic rings. The molecule has 2 N–H and O–H groups in total. The zero-order valence-electron chi connectivity index (χ0n) is 3.81. The van der Waals surface area contributed by atoms with Crippen LogP contribution in [0.5, 0.6) is 0 Å². The summed E-state index contributed by atoms with van der Waals surface area (Å²) in [5, 5.41) is 11.6. The van der Waals surface area contributed by atoms with Gasteiger partial charge in [0, 0.05) is 12.6 Å². The first-order valence-electron chi connectivity index (χ1n) is 2.22. The maximum atomic E-state index is 8.63. The molecule has 2 atom stereocenters. The van der Waals surface area contributed by atoms with Gasteiger partial charge in [-0.3, -0.25) is 0 Å². The van der Waals surface area contributed by atoms with E-state index in [9.17, 15) is 0 Å². The summed E-state index contributed by atoms with van der Waals surface area (Å²) in [6.45, 7) is 2.79. The summed E-state index contributed by atoms with van der Waals surface area (Å²) in [5.74, 6) is 0. The summed E-state index contributed by atoms with van der Waals surface area (Å²) in [7, 11) is 0. The van der Waals surface area contributed by atoms with Crippen LogP contribution in [-0.4, -0.2) is 23.8 Å². The minimum Gasteiger partial charge on any atom is -0.392 e. The highest BCUT2D eigenvalue weighted by molar-refractivity contribution is 4.87. The Balaban J connectivity index is 2.13. The van der Waals surface area contributed by atoms with Crippen LogP contribution in [0.15, 0.2) is 0 Å². The van der Waals surface area contributed by atoms with Crippen molar-refractivity contribution >= 4 is 0 Å². The van der Waals surface area contributed by atoms with Crippen molar-refractivity contribution in [2.24, 2.45) is 0 Å². The highest BCUT2D eigenvalue weighted by Crippen LogP contribution is 2.00. The Kier molecular flexibility index (Phi) is 0.821. The molecule has 0 bridgehead atoms. The van der Waals surface area contributed by atoms with Crippen LogP contribution < -0.4 is 5.32 Å². The van der Waals surface area contributed by atoms with Crippen molar-refractivity contribution in [1.82, 2.24) is 5.32 Å². The Labute approximate surface area is 37.2 Å². The molecule has 1 saturated heterocycles. The molecule has 0 aromatic carbocycles. The van der Waals surface area contributed by atoms with Gasteiger partial charge in [0.2, 0.25) is 0 Å². The molecule has 0 aliphatic carbocycles. The minimum atomic E-state index is -0.148. The van der Waals surface area contributed by atoms with Crippen molar-refractivity contribution in [3.8, 4) is 0 Å². The van der Waals surface area contributed by atoms with Gasteiger partial charge in [0.1, 0.15) is 0 Å². The van der Waals surface area contributed by atoms with Gasteiger partial charge in [-0.05, 0) is 6.92 Å². The molecule has 1 fully saturated rings. The first kappa shape index (κ1) is 4.09. The van der Waals surface area contributed by atoms with Crippen LogP contribution in [0.2, 0.25) is 0 Å². The van der Waals surface area contributed by atoms with Gasteiger partial charge < -0.3 is 10.4 Å². The van der Waals surface area contributed by atoms with E-state index in [0.29, 0.717) is 6.04 Å². The molecule has 2 nitrogen and oxygen atoms in total. The normalized spacial score (nSPS) is 36.0. The smallest absolute Gasteiger partial charge is 0.0677 e. The monoisotopic (exact) mass is 87.1 g/mol. The van der Waals surface area contributed by atoms with Crippen molar-refractivity contribution < 1.29 is 5.11 Å². The lowest BCUT2D eigenvalue weighted by molar-refractivity contribution is 0.193. The molecule has 1 aliphatic rings. The molecule has 1 aliphatic heterocycles. The van der Waals surface area contributed by atoms with Crippen molar-refractivity contribution in [3.05, 3.63) is 0 Å². The van der Waals surface area contributed by atoms with Crippen molar-refractivity contribution in [1.29, 1.82) is 0 Å². The lowest BCUT2D eigenvalue weighted by Gasteiger charge is -1.92. The van der Waals surface area contributed by atoms with Crippen LogP contribution in [-0.2, 0) is 0 Å². The Morgan fingerprint density at radius 2 is 2.50 bits per heavy atom. The molecule has 0 aromatic heterocycles. The Hall–Kier alpha value is -0.0800. The largest absolute Gasteiger partial charge is 0.392 e. The van der Waals surface area contributed by atoms with Crippen LogP contribution in [0.25, 0.3) is 0 Å². The van der Waals surface area contributed by atoms with Crippen LogP contribution in [0, 0.1) is 0 Å². The first-order valence-corrected chi connectivity index (χ1v) is 2.22. The average Bonchev–Trinajstić information content (AvgIpc) is 2.06. The molecular formula is C4H9NO.